The summed E-state index contributed by atoms with van der Waals surface area (Å²) in [5.74, 6) is 0.101. The number of benzene rings is 3. The largest absolute Gasteiger partial charge is 0.340 e. The van der Waals surface area contributed by atoms with Gasteiger partial charge in [0.1, 0.15) is 17.0 Å². The van der Waals surface area contributed by atoms with Gasteiger partial charge in [-0.3, -0.25) is 19.7 Å². The lowest BCUT2D eigenvalue weighted by molar-refractivity contribution is -0.384. The predicted molar refractivity (Wildman–Crippen MR) is 133 cm³/mol. The van der Waals surface area contributed by atoms with Crippen LogP contribution >= 0.6 is 11.3 Å². The predicted octanol–water partition coefficient (Wildman–Crippen LogP) is 5.79. The lowest BCUT2D eigenvalue weighted by Crippen LogP contribution is -2.20. The highest BCUT2D eigenvalue weighted by Crippen LogP contribution is 2.39. The molecule has 0 radical (unpaired) electrons. The number of nitro groups is 1. The summed E-state index contributed by atoms with van der Waals surface area (Å²) < 4.78 is 0. The number of non-ortho nitro benzene ring substituents is 1. The number of nitro benzene ring substituents is 1. The van der Waals surface area contributed by atoms with Gasteiger partial charge in [-0.2, -0.15) is 0 Å². The number of nitrogens with one attached hydrogen (secondary N) is 1. The standard InChI is InChI=1S/C26H14N4O4S/c31-23-17-6-1-2-7-18(17)24(32)20-11-15(8-9-19(20)23)29-25-22-21(12-35-26(22)28-13-27-25)14-4-3-5-16(10-14)30(33)34/h1-13H,(H,27,28,29). The van der Waals surface area contributed by atoms with Crippen LogP contribution in [0, 0.1) is 10.1 Å². The maximum atomic E-state index is 13.1. The van der Waals surface area contributed by atoms with Gasteiger partial charge in [-0.15, -0.1) is 11.3 Å². The summed E-state index contributed by atoms with van der Waals surface area (Å²) in [5.41, 5.74) is 3.49. The van der Waals surface area contributed by atoms with Gasteiger partial charge in [-0.1, -0.05) is 36.4 Å². The number of rotatable bonds is 4. The zero-order chi connectivity index (χ0) is 24.1. The van der Waals surface area contributed by atoms with Gasteiger partial charge >= 0.3 is 0 Å². The summed E-state index contributed by atoms with van der Waals surface area (Å²) in [6, 6.07) is 18.2. The second-order valence-electron chi connectivity index (χ2n) is 7.95. The molecular formula is C26H14N4O4S. The number of fused-ring (bicyclic) bond motifs is 3. The van der Waals surface area contributed by atoms with Crippen LogP contribution in [0.4, 0.5) is 17.2 Å². The molecule has 0 atom stereocenters. The van der Waals surface area contributed by atoms with Crippen molar-refractivity contribution < 1.29 is 14.5 Å². The molecule has 5 aromatic rings. The Morgan fingerprint density at radius 3 is 2.31 bits per heavy atom. The molecule has 1 aliphatic carbocycles. The van der Waals surface area contributed by atoms with Crippen LogP contribution < -0.4 is 5.32 Å². The molecule has 1 aliphatic rings. The first-order chi connectivity index (χ1) is 17.0. The Bertz CT molecular complexity index is 1710. The Hall–Kier alpha value is -4.76. The minimum atomic E-state index is -0.433. The fourth-order valence-electron chi connectivity index (χ4n) is 4.28. The Morgan fingerprint density at radius 1 is 0.800 bits per heavy atom. The molecule has 0 amide bonds. The second kappa shape index (κ2) is 7.93. The number of nitrogens with zero attached hydrogens (tertiary/aromatic N) is 3. The van der Waals surface area contributed by atoms with Crippen LogP contribution in [0.2, 0.25) is 0 Å². The minimum absolute atomic E-state index is 0.00800. The topological polar surface area (TPSA) is 115 Å². The molecule has 0 unspecified atom stereocenters. The number of thiophene rings is 1. The Morgan fingerprint density at radius 2 is 1.54 bits per heavy atom. The maximum Gasteiger partial charge on any atom is 0.270 e. The molecule has 0 aliphatic heterocycles. The Labute approximate surface area is 202 Å². The molecule has 35 heavy (non-hydrogen) atoms. The summed E-state index contributed by atoms with van der Waals surface area (Å²) in [4.78, 5) is 46.3. The van der Waals surface area contributed by atoms with E-state index >= 15 is 0 Å². The van der Waals surface area contributed by atoms with Gasteiger partial charge < -0.3 is 5.32 Å². The highest BCUT2D eigenvalue weighted by molar-refractivity contribution is 7.17. The van der Waals surface area contributed by atoms with Crippen molar-refractivity contribution >= 4 is 50.3 Å². The average Bonchev–Trinajstić information content (AvgIpc) is 3.33. The highest BCUT2D eigenvalue weighted by Gasteiger charge is 2.29. The van der Waals surface area contributed by atoms with E-state index in [1.165, 1.54) is 29.8 Å². The van der Waals surface area contributed by atoms with Crippen molar-refractivity contribution in [2.45, 2.75) is 0 Å². The van der Waals surface area contributed by atoms with Crippen LogP contribution in [0.25, 0.3) is 21.3 Å². The van der Waals surface area contributed by atoms with Crippen LogP contribution in [-0.4, -0.2) is 26.5 Å². The van der Waals surface area contributed by atoms with Gasteiger partial charge in [-0.25, -0.2) is 9.97 Å². The third-order valence-corrected chi connectivity index (χ3v) is 6.81. The number of carbonyl (C=O) groups excluding carboxylic acids is 2. The molecule has 0 fully saturated rings. The molecule has 0 bridgehead atoms. The zero-order valence-corrected chi connectivity index (χ0v) is 18.7. The molecule has 2 heterocycles. The van der Waals surface area contributed by atoms with Crippen molar-refractivity contribution in [1.29, 1.82) is 0 Å². The van der Waals surface area contributed by atoms with E-state index in [1.807, 2.05) is 5.38 Å². The number of hydrogen-bond donors (Lipinski definition) is 1. The Balaban J connectivity index is 1.43. The van der Waals surface area contributed by atoms with Crippen LogP contribution in [0.1, 0.15) is 31.8 Å². The number of hydrogen-bond acceptors (Lipinski definition) is 8. The highest BCUT2D eigenvalue weighted by atomic mass is 32.1. The van der Waals surface area contributed by atoms with Crippen molar-refractivity contribution in [3.63, 3.8) is 0 Å². The smallest absolute Gasteiger partial charge is 0.270 e. The van der Waals surface area contributed by atoms with E-state index in [0.29, 0.717) is 49.5 Å². The SMILES string of the molecule is O=C1c2ccccc2C(=O)c2cc(Nc3ncnc4scc(-c5cccc([N+](=O)[O-])c5)c34)ccc21. The lowest BCUT2D eigenvalue weighted by atomic mass is 9.84. The maximum absolute atomic E-state index is 13.1. The summed E-state index contributed by atoms with van der Waals surface area (Å²) in [5, 5.41) is 17.1. The van der Waals surface area contributed by atoms with E-state index in [2.05, 4.69) is 15.3 Å². The van der Waals surface area contributed by atoms with Gasteiger partial charge in [0.15, 0.2) is 11.6 Å². The number of ketones is 2. The summed E-state index contributed by atoms with van der Waals surface area (Å²) in [6.45, 7) is 0. The van der Waals surface area contributed by atoms with Crippen molar-refractivity contribution in [2.24, 2.45) is 0 Å². The normalized spacial score (nSPS) is 12.3. The van der Waals surface area contributed by atoms with Crippen molar-refractivity contribution in [3.8, 4) is 11.1 Å². The van der Waals surface area contributed by atoms with E-state index in [9.17, 15) is 19.7 Å². The number of anilines is 2. The van der Waals surface area contributed by atoms with Crippen molar-refractivity contribution in [3.05, 3.63) is 111 Å². The summed E-state index contributed by atoms with van der Waals surface area (Å²) >= 11 is 1.40. The van der Waals surface area contributed by atoms with Crippen LogP contribution in [0.5, 0.6) is 0 Å². The monoisotopic (exact) mass is 478 g/mol. The first kappa shape index (κ1) is 20.8. The molecule has 6 rings (SSSR count). The summed E-state index contributed by atoms with van der Waals surface area (Å²) in [6.07, 6.45) is 1.43. The van der Waals surface area contributed by atoms with Gasteiger partial charge in [0.2, 0.25) is 0 Å². The first-order valence-corrected chi connectivity index (χ1v) is 11.5. The molecule has 0 saturated heterocycles. The molecule has 2 aromatic heterocycles. The molecule has 8 nitrogen and oxygen atoms in total. The molecule has 9 heteroatoms. The number of carbonyl (C=O) groups is 2. The summed E-state index contributed by atoms with van der Waals surface area (Å²) in [7, 11) is 0. The molecule has 3 aromatic carbocycles. The first-order valence-electron chi connectivity index (χ1n) is 10.6. The van der Waals surface area contributed by atoms with Gasteiger partial charge in [0.05, 0.1) is 10.3 Å². The van der Waals surface area contributed by atoms with Crippen LogP contribution in [0.15, 0.2) is 78.4 Å². The van der Waals surface area contributed by atoms with E-state index < -0.39 is 4.92 Å². The average molecular weight is 478 g/mol. The zero-order valence-electron chi connectivity index (χ0n) is 17.9. The molecule has 1 N–H and O–H groups in total. The van der Waals surface area contributed by atoms with Gasteiger partial charge in [0, 0.05) is 51.0 Å². The fraction of sp³-hybridized carbons (Fsp3) is 0. The van der Waals surface area contributed by atoms with E-state index in [1.54, 1.807) is 54.6 Å². The van der Waals surface area contributed by atoms with Crippen LogP contribution in [-0.2, 0) is 0 Å². The van der Waals surface area contributed by atoms with E-state index in [-0.39, 0.29) is 17.3 Å². The quantitative estimate of drug-likeness (QED) is 0.252. The van der Waals surface area contributed by atoms with E-state index in [0.717, 1.165) is 5.56 Å². The molecule has 0 spiro atoms. The third kappa shape index (κ3) is 3.37. The second-order valence-corrected chi connectivity index (χ2v) is 8.81. The third-order valence-electron chi connectivity index (χ3n) is 5.93. The van der Waals surface area contributed by atoms with E-state index in [4.69, 9.17) is 0 Å². The molecule has 168 valence electrons. The lowest BCUT2D eigenvalue weighted by Gasteiger charge is -2.18. The number of aromatic nitrogens is 2. The van der Waals surface area contributed by atoms with Gasteiger partial charge in [0.25, 0.3) is 5.69 Å². The van der Waals surface area contributed by atoms with Crippen molar-refractivity contribution in [1.82, 2.24) is 9.97 Å². The van der Waals surface area contributed by atoms with Crippen LogP contribution in [0.3, 0.4) is 0 Å². The van der Waals surface area contributed by atoms with Crippen molar-refractivity contribution in [2.75, 3.05) is 5.32 Å². The fourth-order valence-corrected chi connectivity index (χ4v) is 5.20. The van der Waals surface area contributed by atoms with Gasteiger partial charge in [-0.05, 0) is 23.8 Å². The minimum Gasteiger partial charge on any atom is -0.340 e. The molecular weight excluding hydrogens is 464 g/mol. The molecule has 0 saturated carbocycles. The Kier molecular flexibility index (Phi) is 4.71.